The standard InChI is InChI=1S/C60H78N8O12S2/c69-59(61-27-35-75-39-41-77-37-29-63-81(71,72)51-23-19-49(20-24-51)79-57-53-13-5-3-11-45(53)43-55(57)67-31-7-1-8-32-67)65-47-15-17-48(18-16-47)66-60(70)62-28-36-76-40-42-78-38-30-64-82(73,74)52-25-21-50(22-26-52)80-58-54-14-6-4-12-46(54)44-56(58)68-33-9-2-10-34-68/h3-6,11-26,55-58,63-64H,1-2,7-10,27-44H2,(H2,61,65,69)(H2,62,66,70). The summed E-state index contributed by atoms with van der Waals surface area (Å²) in [5, 5.41) is 10.9. The van der Waals surface area contributed by atoms with Crippen molar-refractivity contribution in [3.05, 3.63) is 144 Å². The number of piperidine rings is 2. The van der Waals surface area contributed by atoms with Crippen molar-refractivity contribution in [1.82, 2.24) is 29.9 Å². The Labute approximate surface area is 482 Å². The summed E-state index contributed by atoms with van der Waals surface area (Å²) >= 11 is 0. The third-order valence-corrected chi connectivity index (χ3v) is 18.0. The Hall–Kier alpha value is -6.18. The molecule has 0 saturated carbocycles. The molecule has 82 heavy (non-hydrogen) atoms. The van der Waals surface area contributed by atoms with Crippen LogP contribution in [0, 0.1) is 0 Å². The SMILES string of the molecule is O=C(NCCOCCOCCNS(=O)(=O)c1ccc(OC2c3ccccc3CC2N2CCCCC2)cc1)Nc1ccc(NC(=O)NCCOCCOCCNS(=O)(=O)c2ccc(OC3c4ccccc4CC3N3CCCCC3)cc2)cc1. The molecule has 6 N–H and O–H groups in total. The third kappa shape index (κ3) is 17.4. The molecule has 2 saturated heterocycles. The van der Waals surface area contributed by atoms with Crippen LogP contribution in [0.2, 0.25) is 0 Å². The zero-order chi connectivity index (χ0) is 57.0. The fraction of sp³-hybridized carbons (Fsp3) is 0.467. The number of hydrogen-bond acceptors (Lipinski definition) is 14. The summed E-state index contributed by atoms with van der Waals surface area (Å²) in [5.41, 5.74) is 6.03. The summed E-state index contributed by atoms with van der Waals surface area (Å²) in [4.78, 5) is 30.2. The highest BCUT2D eigenvalue weighted by atomic mass is 32.2. The van der Waals surface area contributed by atoms with Crippen LogP contribution in [0.25, 0.3) is 0 Å². The molecule has 5 aromatic rings. The second-order valence-electron chi connectivity index (χ2n) is 20.7. The summed E-state index contributed by atoms with van der Waals surface area (Å²) in [6.07, 6.45) is 8.95. The summed E-state index contributed by atoms with van der Waals surface area (Å²) in [6.45, 7) is 6.70. The first-order chi connectivity index (χ1) is 40.0. The van der Waals surface area contributed by atoms with Crippen molar-refractivity contribution in [2.45, 2.75) is 85.4 Å². The van der Waals surface area contributed by atoms with Crippen LogP contribution >= 0.6 is 0 Å². The number of carbonyl (C=O) groups excluding carboxylic acids is 2. The maximum absolute atomic E-state index is 13.0. The molecule has 0 spiro atoms. The fourth-order valence-electron chi connectivity index (χ4n) is 11.0. The third-order valence-electron chi connectivity index (χ3n) is 15.1. The molecule has 4 amide bonds. The lowest BCUT2D eigenvalue weighted by molar-refractivity contribution is 0.0517. The van der Waals surface area contributed by atoms with Gasteiger partial charge in [0.2, 0.25) is 20.0 Å². The highest BCUT2D eigenvalue weighted by molar-refractivity contribution is 7.89. The largest absolute Gasteiger partial charge is 0.484 e. The Balaban J connectivity index is 0.555. The number of urea groups is 2. The number of fused-ring (bicyclic) bond motifs is 2. The maximum atomic E-state index is 13.0. The number of anilines is 2. The number of nitrogens with one attached hydrogen (secondary N) is 6. The van der Waals surface area contributed by atoms with E-state index in [1.165, 1.54) is 60.8 Å². The van der Waals surface area contributed by atoms with Gasteiger partial charge in [-0.1, -0.05) is 61.4 Å². The number of hydrogen-bond donors (Lipinski definition) is 6. The number of ether oxygens (including phenoxy) is 6. The van der Waals surface area contributed by atoms with Crippen molar-refractivity contribution in [2.75, 3.05) is 116 Å². The summed E-state index contributed by atoms with van der Waals surface area (Å²) < 4.78 is 92.4. The Morgan fingerprint density at radius 1 is 0.427 bits per heavy atom. The molecule has 0 bridgehead atoms. The van der Waals surface area contributed by atoms with Gasteiger partial charge in [0.25, 0.3) is 0 Å². The Morgan fingerprint density at radius 3 is 1.16 bits per heavy atom. The summed E-state index contributed by atoms with van der Waals surface area (Å²) in [6, 6.07) is 36.2. The van der Waals surface area contributed by atoms with Gasteiger partial charge in [0.1, 0.15) is 23.7 Å². The predicted molar refractivity (Wildman–Crippen MR) is 312 cm³/mol. The van der Waals surface area contributed by atoms with E-state index in [0.29, 0.717) is 22.9 Å². The molecule has 0 radical (unpaired) electrons. The molecule has 2 heterocycles. The van der Waals surface area contributed by atoms with Crippen LogP contribution in [0.15, 0.2) is 131 Å². The molecule has 2 aliphatic carbocycles. The molecule has 9 rings (SSSR count). The molecule has 4 atom stereocenters. The minimum absolute atomic E-state index is 0.0861. The number of nitrogens with zero attached hydrogens (tertiary/aromatic N) is 2. The average Bonchev–Trinajstić information content (AvgIpc) is 4.26. The number of amides is 4. The number of benzene rings is 5. The minimum Gasteiger partial charge on any atom is -0.484 e. The van der Waals surface area contributed by atoms with Gasteiger partial charge < -0.3 is 49.7 Å². The van der Waals surface area contributed by atoms with Crippen molar-refractivity contribution >= 4 is 43.5 Å². The monoisotopic (exact) mass is 1170 g/mol. The molecule has 442 valence electrons. The molecular formula is C60H78N8O12S2. The molecule has 0 aromatic heterocycles. The predicted octanol–water partition coefficient (Wildman–Crippen LogP) is 7.01. The van der Waals surface area contributed by atoms with Crippen molar-refractivity contribution in [2.24, 2.45) is 0 Å². The van der Waals surface area contributed by atoms with Gasteiger partial charge in [-0.2, -0.15) is 0 Å². The molecule has 22 heteroatoms. The van der Waals surface area contributed by atoms with Crippen LogP contribution in [0.1, 0.15) is 73.0 Å². The Morgan fingerprint density at radius 2 is 0.780 bits per heavy atom. The molecule has 2 fully saturated rings. The maximum Gasteiger partial charge on any atom is 0.319 e. The smallest absolute Gasteiger partial charge is 0.319 e. The second-order valence-corrected chi connectivity index (χ2v) is 24.3. The van der Waals surface area contributed by atoms with E-state index in [4.69, 9.17) is 28.4 Å². The van der Waals surface area contributed by atoms with E-state index in [1.54, 1.807) is 72.8 Å². The van der Waals surface area contributed by atoms with Gasteiger partial charge in [0.05, 0.1) is 74.7 Å². The fourth-order valence-corrected chi connectivity index (χ4v) is 13.0. The zero-order valence-corrected chi connectivity index (χ0v) is 48.1. The first kappa shape index (κ1) is 60.4. The van der Waals surface area contributed by atoms with Crippen molar-refractivity contribution in [3.8, 4) is 11.5 Å². The number of rotatable bonds is 30. The molecule has 4 unspecified atom stereocenters. The van der Waals surface area contributed by atoms with Gasteiger partial charge in [-0.15, -0.1) is 0 Å². The van der Waals surface area contributed by atoms with Gasteiger partial charge in [-0.25, -0.2) is 35.9 Å². The van der Waals surface area contributed by atoms with Crippen LogP contribution < -0.4 is 40.2 Å². The van der Waals surface area contributed by atoms with E-state index in [2.05, 4.69) is 76.9 Å². The number of carbonyl (C=O) groups is 2. The van der Waals surface area contributed by atoms with E-state index >= 15 is 0 Å². The van der Waals surface area contributed by atoms with E-state index < -0.39 is 32.1 Å². The first-order valence-corrected chi connectivity index (χ1v) is 31.6. The lowest BCUT2D eigenvalue weighted by atomic mass is 10.0. The topological polar surface area (TPSA) is 236 Å². The quantitative estimate of drug-likeness (QED) is 0.0254. The van der Waals surface area contributed by atoms with Crippen LogP contribution in [0.4, 0.5) is 21.0 Å². The van der Waals surface area contributed by atoms with Crippen LogP contribution in [-0.4, -0.2) is 156 Å². The van der Waals surface area contributed by atoms with E-state index in [0.717, 1.165) is 39.0 Å². The van der Waals surface area contributed by atoms with E-state index in [1.807, 2.05) is 12.1 Å². The minimum atomic E-state index is -3.76. The van der Waals surface area contributed by atoms with Crippen molar-refractivity contribution in [1.29, 1.82) is 0 Å². The Kier molecular flexibility index (Phi) is 22.4. The zero-order valence-electron chi connectivity index (χ0n) is 46.4. The number of likely N-dealkylation sites (tertiary alicyclic amines) is 2. The second kappa shape index (κ2) is 30.4. The van der Waals surface area contributed by atoms with Crippen LogP contribution in [-0.2, 0) is 51.8 Å². The molecule has 5 aromatic carbocycles. The van der Waals surface area contributed by atoms with Gasteiger partial charge >= 0.3 is 12.1 Å². The van der Waals surface area contributed by atoms with Crippen LogP contribution in [0.3, 0.4) is 0 Å². The van der Waals surface area contributed by atoms with Gasteiger partial charge in [0, 0.05) is 37.6 Å². The van der Waals surface area contributed by atoms with Gasteiger partial charge in [0.15, 0.2) is 0 Å². The van der Waals surface area contributed by atoms with Gasteiger partial charge in [-0.3, -0.25) is 9.80 Å². The normalized spacial score (nSPS) is 19.2. The van der Waals surface area contributed by atoms with E-state index in [-0.39, 0.29) is 113 Å². The van der Waals surface area contributed by atoms with Gasteiger partial charge in [-0.05, 0) is 160 Å². The lowest BCUT2D eigenvalue weighted by Crippen LogP contribution is -2.43. The number of sulfonamides is 2. The molecular weight excluding hydrogens is 1090 g/mol. The lowest BCUT2D eigenvalue weighted by Gasteiger charge is -2.35. The Bertz CT molecular complexity index is 2830. The highest BCUT2D eigenvalue weighted by Gasteiger charge is 2.40. The van der Waals surface area contributed by atoms with E-state index in [9.17, 15) is 26.4 Å². The highest BCUT2D eigenvalue weighted by Crippen LogP contribution is 2.41. The molecule has 2 aliphatic heterocycles. The summed E-state index contributed by atoms with van der Waals surface area (Å²) in [7, 11) is -7.51. The first-order valence-electron chi connectivity index (χ1n) is 28.7. The summed E-state index contributed by atoms with van der Waals surface area (Å²) in [5.74, 6) is 1.26. The van der Waals surface area contributed by atoms with Crippen LogP contribution in [0.5, 0.6) is 11.5 Å². The molecule has 4 aliphatic rings. The van der Waals surface area contributed by atoms with Crippen molar-refractivity contribution in [3.63, 3.8) is 0 Å². The van der Waals surface area contributed by atoms with Crippen molar-refractivity contribution < 1.29 is 54.8 Å². The molecule has 20 nitrogen and oxygen atoms in total. The average molecular weight is 1170 g/mol.